The van der Waals surface area contributed by atoms with Gasteiger partial charge in [-0.2, -0.15) is 4.58 Å². The van der Waals surface area contributed by atoms with Gasteiger partial charge in [0.05, 0.1) is 16.7 Å². The monoisotopic (exact) mass is 522 g/mol. The highest BCUT2D eigenvalue weighted by Gasteiger charge is 2.30. The summed E-state index contributed by atoms with van der Waals surface area (Å²) in [5.74, 6) is 0. The van der Waals surface area contributed by atoms with Gasteiger partial charge in [-0.3, -0.25) is 0 Å². The van der Waals surface area contributed by atoms with Gasteiger partial charge in [0.25, 0.3) is 0 Å². The molecule has 0 spiro atoms. The Morgan fingerprint density at radius 3 is 1.98 bits per heavy atom. The van der Waals surface area contributed by atoms with E-state index in [1.165, 1.54) is 77.3 Å². The third-order valence-electron chi connectivity index (χ3n) is 8.93. The van der Waals surface area contributed by atoms with Gasteiger partial charge in [-0.1, -0.05) is 48.5 Å². The summed E-state index contributed by atoms with van der Waals surface area (Å²) in [5, 5.41) is 5.22. The molecule has 40 heavy (non-hydrogen) atoms. The lowest BCUT2D eigenvalue weighted by Crippen LogP contribution is -2.26. The second kappa shape index (κ2) is 9.38. The first-order chi connectivity index (χ1) is 19.6. The molecule has 0 atom stereocenters. The van der Waals surface area contributed by atoms with Crippen LogP contribution in [0, 0.1) is 13.8 Å². The zero-order chi connectivity index (χ0) is 27.5. The van der Waals surface area contributed by atoms with Crippen molar-refractivity contribution in [3.63, 3.8) is 0 Å². The summed E-state index contributed by atoms with van der Waals surface area (Å²) in [6.07, 6.45) is 2.42. The maximum atomic E-state index is 2.51. The standard InChI is InChI=1S/C37H36N3/c1-6-38-24(4)30(27-15-9-12-18-33(27)38)21-26-22-31-28-16-10-13-19-34(28)40(8-3)37(31)32(23-26)36-25(5)39(7-2)35-20-14-11-17-29(35)36/h9-23H,6-8H2,1-5H3/q+1. The molecule has 0 N–H and O–H groups in total. The van der Waals surface area contributed by atoms with Crippen molar-refractivity contribution < 1.29 is 0 Å². The van der Waals surface area contributed by atoms with Crippen LogP contribution in [0.4, 0.5) is 5.69 Å². The lowest BCUT2D eigenvalue weighted by atomic mass is 9.95. The van der Waals surface area contributed by atoms with Gasteiger partial charge < -0.3 is 9.13 Å². The molecular formula is C37H36N3+. The van der Waals surface area contributed by atoms with Crippen molar-refractivity contribution in [2.24, 2.45) is 0 Å². The molecule has 3 heteroatoms. The van der Waals surface area contributed by atoms with E-state index in [-0.39, 0.29) is 0 Å². The zero-order valence-corrected chi connectivity index (χ0v) is 24.1. The smallest absolute Gasteiger partial charge is 0.221 e. The first-order valence-corrected chi connectivity index (χ1v) is 14.6. The Balaban J connectivity index is 1.64. The van der Waals surface area contributed by atoms with Crippen molar-refractivity contribution in [2.45, 2.75) is 47.7 Å². The summed E-state index contributed by atoms with van der Waals surface area (Å²) in [6, 6.07) is 31.5. The van der Waals surface area contributed by atoms with E-state index in [0.29, 0.717) is 0 Å². The van der Waals surface area contributed by atoms with Crippen LogP contribution in [0.3, 0.4) is 0 Å². The van der Waals surface area contributed by atoms with Crippen LogP contribution in [0.25, 0.3) is 50.1 Å². The number of nitrogens with zero attached hydrogens (tertiary/aromatic N) is 3. The maximum absolute atomic E-state index is 2.51. The van der Waals surface area contributed by atoms with Crippen LogP contribution in [0.15, 0.2) is 84.9 Å². The van der Waals surface area contributed by atoms with Gasteiger partial charge in [-0.25, -0.2) is 0 Å². The Bertz CT molecular complexity index is 2080. The summed E-state index contributed by atoms with van der Waals surface area (Å²) in [7, 11) is 0. The van der Waals surface area contributed by atoms with E-state index in [0.717, 1.165) is 19.6 Å². The average Bonchev–Trinajstić information content (AvgIpc) is 3.56. The van der Waals surface area contributed by atoms with Crippen LogP contribution in [-0.4, -0.2) is 15.7 Å². The Labute approximate surface area is 235 Å². The largest absolute Gasteiger partial charge is 0.345 e. The molecule has 0 unspecified atom stereocenters. The van der Waals surface area contributed by atoms with E-state index in [9.17, 15) is 0 Å². The first-order valence-electron chi connectivity index (χ1n) is 14.6. The molecule has 0 aliphatic carbocycles. The molecule has 3 heterocycles. The second-order valence-corrected chi connectivity index (χ2v) is 10.9. The second-order valence-electron chi connectivity index (χ2n) is 10.9. The van der Waals surface area contributed by atoms with Gasteiger partial charge in [0.2, 0.25) is 11.0 Å². The molecule has 3 nitrogen and oxygen atoms in total. The highest BCUT2D eigenvalue weighted by molar-refractivity contribution is 6.00. The first kappa shape index (κ1) is 24.7. The number of hydrogen-bond donors (Lipinski definition) is 0. The van der Waals surface area contributed by atoms with E-state index in [1.54, 1.807) is 0 Å². The molecule has 1 aliphatic rings. The molecule has 0 amide bonds. The van der Waals surface area contributed by atoms with Crippen LogP contribution in [0.1, 0.15) is 37.7 Å². The molecule has 0 fully saturated rings. The lowest BCUT2D eigenvalue weighted by Gasteiger charge is -2.07. The predicted octanol–water partition coefficient (Wildman–Crippen LogP) is 7.57. The molecule has 0 saturated carbocycles. The van der Waals surface area contributed by atoms with Crippen molar-refractivity contribution in [2.75, 3.05) is 6.54 Å². The number of benzene rings is 4. The van der Waals surface area contributed by atoms with Gasteiger partial charge >= 0.3 is 0 Å². The fourth-order valence-electron chi connectivity index (χ4n) is 7.21. The Morgan fingerprint density at radius 1 is 0.650 bits per heavy atom. The predicted molar refractivity (Wildman–Crippen MR) is 170 cm³/mol. The molecule has 4 aromatic carbocycles. The average molecular weight is 523 g/mol. The van der Waals surface area contributed by atoms with Crippen molar-refractivity contribution in [3.8, 4) is 22.3 Å². The van der Waals surface area contributed by atoms with Crippen molar-refractivity contribution in [3.05, 3.63) is 112 Å². The topological polar surface area (TPSA) is 12.9 Å². The van der Waals surface area contributed by atoms with Gasteiger partial charge in [0.1, 0.15) is 6.54 Å². The zero-order valence-electron chi connectivity index (χ0n) is 24.1. The van der Waals surface area contributed by atoms with Crippen molar-refractivity contribution >= 4 is 33.6 Å². The van der Waals surface area contributed by atoms with Crippen molar-refractivity contribution in [1.82, 2.24) is 13.7 Å². The lowest BCUT2D eigenvalue weighted by molar-refractivity contribution is 0.768. The molecular weight excluding hydrogens is 486 g/mol. The van der Waals surface area contributed by atoms with Gasteiger partial charge in [-0.05, 0) is 76.2 Å². The Morgan fingerprint density at radius 2 is 1.25 bits per heavy atom. The summed E-state index contributed by atoms with van der Waals surface area (Å²) in [5.41, 5.74) is 13.2. The van der Waals surface area contributed by atoms with Crippen LogP contribution >= 0.6 is 0 Å². The van der Waals surface area contributed by atoms with E-state index in [4.69, 9.17) is 0 Å². The number of hydrogen-bond acceptors (Lipinski definition) is 0. The third-order valence-corrected chi connectivity index (χ3v) is 8.93. The normalized spacial score (nSPS) is 13.0. The van der Waals surface area contributed by atoms with Crippen LogP contribution < -0.4 is 15.2 Å². The summed E-state index contributed by atoms with van der Waals surface area (Å²) >= 11 is 0. The van der Waals surface area contributed by atoms with Gasteiger partial charge in [0, 0.05) is 63.5 Å². The van der Waals surface area contributed by atoms with Gasteiger partial charge in [-0.15, -0.1) is 0 Å². The number of fused-ring (bicyclic) bond motifs is 5. The summed E-state index contributed by atoms with van der Waals surface area (Å²) < 4.78 is 7.41. The molecule has 7 rings (SSSR count). The molecule has 0 radical (unpaired) electrons. The Kier molecular flexibility index (Phi) is 5.78. The highest BCUT2D eigenvalue weighted by Crippen LogP contribution is 2.37. The van der Waals surface area contributed by atoms with E-state index >= 15 is 0 Å². The molecule has 6 aromatic rings. The fraction of sp³-hybridized carbons (Fsp3) is 0.216. The quantitative estimate of drug-likeness (QED) is 0.207. The highest BCUT2D eigenvalue weighted by atomic mass is 15.0. The van der Waals surface area contributed by atoms with Gasteiger partial charge in [0.15, 0.2) is 0 Å². The fourth-order valence-corrected chi connectivity index (χ4v) is 7.21. The molecule has 1 aliphatic heterocycles. The third kappa shape index (κ3) is 3.40. The maximum Gasteiger partial charge on any atom is 0.221 e. The molecule has 2 aromatic heterocycles. The molecule has 0 bridgehead atoms. The van der Waals surface area contributed by atoms with E-state index < -0.39 is 0 Å². The number of aromatic nitrogens is 2. The molecule has 198 valence electrons. The van der Waals surface area contributed by atoms with Crippen LogP contribution in [-0.2, 0) is 13.1 Å². The summed E-state index contributed by atoms with van der Waals surface area (Å²) in [6.45, 7) is 14.1. The number of aryl methyl sites for hydroxylation is 2. The Hall–Kier alpha value is -4.37. The van der Waals surface area contributed by atoms with E-state index in [1.807, 2.05) is 0 Å². The number of para-hydroxylation sites is 3. The molecule has 0 saturated heterocycles. The van der Waals surface area contributed by atoms with Crippen LogP contribution in [0.5, 0.6) is 0 Å². The summed E-state index contributed by atoms with van der Waals surface area (Å²) in [4.78, 5) is 0. The SMILES string of the molecule is CCn1c(C)c(C=c2cc3c(c(-c4c(C)n(CC)c5ccccc45)c2)=[N+](CC)c2ccccc2-3)c2ccccc21. The minimum absolute atomic E-state index is 0.925. The minimum atomic E-state index is 0.925. The number of rotatable bonds is 5. The van der Waals surface area contributed by atoms with Crippen molar-refractivity contribution in [1.29, 1.82) is 0 Å². The van der Waals surface area contributed by atoms with E-state index in [2.05, 4.69) is 139 Å². The minimum Gasteiger partial charge on any atom is -0.345 e. The van der Waals surface area contributed by atoms with Crippen LogP contribution in [0.2, 0.25) is 0 Å².